The molecule has 160 valence electrons. The van der Waals surface area contributed by atoms with Gasteiger partial charge in [-0.05, 0) is 31.9 Å². The van der Waals surface area contributed by atoms with Crippen molar-refractivity contribution in [3.05, 3.63) is 12.2 Å². The number of morpholine rings is 1. The van der Waals surface area contributed by atoms with Gasteiger partial charge < -0.3 is 9.64 Å². The van der Waals surface area contributed by atoms with Crippen molar-refractivity contribution in [3.8, 4) is 0 Å². The molecule has 4 fully saturated rings. The molecule has 0 aromatic carbocycles. The number of amides is 2. The van der Waals surface area contributed by atoms with E-state index in [1.54, 1.807) is 11.8 Å². The van der Waals surface area contributed by atoms with Crippen LogP contribution in [0.1, 0.15) is 25.7 Å². The number of piperidine rings is 1. The van der Waals surface area contributed by atoms with E-state index in [4.69, 9.17) is 4.74 Å². The minimum absolute atomic E-state index is 0.0184. The van der Waals surface area contributed by atoms with Crippen LogP contribution < -0.4 is 16.0 Å². The van der Waals surface area contributed by atoms with Crippen molar-refractivity contribution in [1.29, 1.82) is 0 Å². The number of thioether (sulfide) groups is 1. The molecule has 9 nitrogen and oxygen atoms in total. The monoisotopic (exact) mass is 422 g/mol. The van der Waals surface area contributed by atoms with Crippen LogP contribution in [-0.4, -0.2) is 89.3 Å². The summed E-state index contributed by atoms with van der Waals surface area (Å²) >= 11 is 1.71. The summed E-state index contributed by atoms with van der Waals surface area (Å²) in [5.74, 6) is 0.0971. The molecule has 0 aromatic heterocycles. The second kappa shape index (κ2) is 8.16. The van der Waals surface area contributed by atoms with Crippen LogP contribution in [0.25, 0.3) is 0 Å². The van der Waals surface area contributed by atoms with Crippen LogP contribution in [0.4, 0.5) is 0 Å². The number of carbonyl (C=O) groups is 2. The van der Waals surface area contributed by atoms with Crippen molar-refractivity contribution in [1.82, 2.24) is 30.9 Å². The minimum Gasteiger partial charge on any atom is -0.365 e. The molecule has 6 unspecified atom stereocenters. The third kappa shape index (κ3) is 3.49. The van der Waals surface area contributed by atoms with E-state index in [0.717, 1.165) is 32.2 Å². The first-order chi connectivity index (χ1) is 14.2. The quantitative estimate of drug-likeness (QED) is 0.485. The lowest BCUT2D eigenvalue weighted by molar-refractivity contribution is -0.176. The number of ether oxygens (including phenoxy) is 1. The Morgan fingerprint density at radius 3 is 2.93 bits per heavy atom. The predicted octanol–water partition coefficient (Wildman–Crippen LogP) is -0.560. The summed E-state index contributed by atoms with van der Waals surface area (Å²) < 4.78 is 5.85. The van der Waals surface area contributed by atoms with Crippen LogP contribution in [0.5, 0.6) is 0 Å². The fourth-order valence-electron chi connectivity index (χ4n) is 5.21. The van der Waals surface area contributed by atoms with E-state index in [9.17, 15) is 9.59 Å². The maximum atomic E-state index is 13.2. The number of nitrogens with zero attached hydrogens (tertiary/aromatic N) is 3. The van der Waals surface area contributed by atoms with E-state index in [2.05, 4.69) is 39.4 Å². The van der Waals surface area contributed by atoms with E-state index in [1.165, 1.54) is 0 Å². The van der Waals surface area contributed by atoms with E-state index < -0.39 is 0 Å². The van der Waals surface area contributed by atoms with Gasteiger partial charge in [-0.15, -0.1) is 11.8 Å². The molecule has 29 heavy (non-hydrogen) atoms. The lowest BCUT2D eigenvalue weighted by atomic mass is 9.99. The van der Waals surface area contributed by atoms with Crippen LogP contribution >= 0.6 is 11.8 Å². The van der Waals surface area contributed by atoms with Gasteiger partial charge in [0.2, 0.25) is 11.8 Å². The number of fused-ring (bicyclic) bond motifs is 5. The Morgan fingerprint density at radius 1 is 1.17 bits per heavy atom. The van der Waals surface area contributed by atoms with Gasteiger partial charge in [0.25, 0.3) is 0 Å². The molecule has 0 saturated carbocycles. The molecule has 4 saturated heterocycles. The standard InChI is InChI=1S/C19H30N6O3S/c1-29-19-20-10-12-16(22-19)25-14-7-6-13-17(21-14)23(15(26)11-28-13)8-4-2-3-5-9-24(25)18(12)27/h3,5,12-14,16-17,19-22H,2,4,6-11H2,1H3/b5-3-. The smallest absolute Gasteiger partial charge is 0.249 e. The molecule has 0 aromatic rings. The summed E-state index contributed by atoms with van der Waals surface area (Å²) in [4.78, 5) is 27.7. The molecule has 2 bridgehead atoms. The maximum Gasteiger partial charge on any atom is 0.249 e. The molecule has 5 heterocycles. The lowest BCUT2D eigenvalue weighted by Gasteiger charge is -2.50. The highest BCUT2D eigenvalue weighted by molar-refractivity contribution is 7.99. The molecule has 2 amide bonds. The van der Waals surface area contributed by atoms with Gasteiger partial charge in [0.15, 0.2) is 0 Å². The first kappa shape index (κ1) is 19.8. The fourth-order valence-corrected chi connectivity index (χ4v) is 5.74. The Kier molecular flexibility index (Phi) is 5.57. The van der Waals surface area contributed by atoms with Gasteiger partial charge in [-0.2, -0.15) is 5.01 Å². The summed E-state index contributed by atoms with van der Waals surface area (Å²) in [5.41, 5.74) is 0.119. The predicted molar refractivity (Wildman–Crippen MR) is 109 cm³/mol. The topological polar surface area (TPSA) is 89.2 Å². The summed E-state index contributed by atoms with van der Waals surface area (Å²) in [7, 11) is 0. The summed E-state index contributed by atoms with van der Waals surface area (Å²) in [5, 5.41) is 14.8. The molecular weight excluding hydrogens is 392 g/mol. The van der Waals surface area contributed by atoms with E-state index in [0.29, 0.717) is 13.1 Å². The van der Waals surface area contributed by atoms with E-state index >= 15 is 0 Å². The van der Waals surface area contributed by atoms with Crippen LogP contribution in [0.3, 0.4) is 0 Å². The third-order valence-electron chi connectivity index (χ3n) is 6.65. The zero-order valence-electron chi connectivity index (χ0n) is 16.8. The first-order valence-electron chi connectivity index (χ1n) is 10.6. The normalized spacial score (nSPS) is 42.0. The van der Waals surface area contributed by atoms with E-state index in [1.807, 2.05) is 9.91 Å². The Bertz CT molecular complexity index is 693. The van der Waals surface area contributed by atoms with Crippen LogP contribution in [-0.2, 0) is 14.3 Å². The number of rotatable bonds is 1. The second-order valence-electron chi connectivity index (χ2n) is 8.30. The van der Waals surface area contributed by atoms with Gasteiger partial charge in [0, 0.05) is 13.1 Å². The molecule has 0 spiro atoms. The van der Waals surface area contributed by atoms with Gasteiger partial charge >= 0.3 is 0 Å². The molecule has 10 heteroatoms. The average molecular weight is 423 g/mol. The number of carbonyl (C=O) groups excluding carboxylic acids is 2. The summed E-state index contributed by atoms with van der Waals surface area (Å²) in [6.45, 7) is 2.16. The largest absolute Gasteiger partial charge is 0.365 e. The van der Waals surface area contributed by atoms with E-state index in [-0.39, 0.29) is 54.4 Å². The molecule has 3 N–H and O–H groups in total. The van der Waals surface area contributed by atoms with Crippen molar-refractivity contribution in [2.24, 2.45) is 5.92 Å². The molecule has 6 atom stereocenters. The Hall–Kier alpha value is -1.17. The van der Waals surface area contributed by atoms with Crippen LogP contribution in [0, 0.1) is 5.92 Å². The number of hydrogen-bond acceptors (Lipinski definition) is 8. The summed E-state index contributed by atoms with van der Waals surface area (Å²) in [6, 6.07) is 0. The SMILES string of the molecule is CSC1NCC2C(=O)N3C/C=C\CCCN4C(=O)COC5CCC(NC54)N3C2N1. The number of hydrazine groups is 1. The molecule has 5 rings (SSSR count). The van der Waals surface area contributed by atoms with Crippen LogP contribution in [0.2, 0.25) is 0 Å². The molecule has 5 aliphatic rings. The first-order valence-corrected chi connectivity index (χ1v) is 11.9. The Balaban J connectivity index is 1.47. The average Bonchev–Trinajstić information content (AvgIpc) is 3.01. The number of hydrogen-bond donors (Lipinski definition) is 3. The lowest BCUT2D eigenvalue weighted by Crippen LogP contribution is -2.71. The minimum atomic E-state index is -0.132. The zero-order valence-corrected chi connectivity index (χ0v) is 17.6. The van der Waals surface area contributed by atoms with Crippen molar-refractivity contribution in [3.63, 3.8) is 0 Å². The van der Waals surface area contributed by atoms with Crippen LogP contribution in [0.15, 0.2) is 12.2 Å². The fraction of sp³-hybridized carbons (Fsp3) is 0.789. The van der Waals surface area contributed by atoms with Crippen molar-refractivity contribution >= 4 is 23.6 Å². The number of allylic oxidation sites excluding steroid dienone is 1. The van der Waals surface area contributed by atoms with Gasteiger partial charge in [0.05, 0.1) is 30.9 Å². The van der Waals surface area contributed by atoms with Crippen molar-refractivity contribution < 1.29 is 14.3 Å². The molecular formula is C19H30N6O3S. The van der Waals surface area contributed by atoms with Gasteiger partial charge in [-0.25, -0.2) is 0 Å². The molecule has 0 radical (unpaired) electrons. The maximum absolute atomic E-state index is 13.2. The molecule has 5 aliphatic heterocycles. The highest BCUT2D eigenvalue weighted by Crippen LogP contribution is 2.34. The number of nitrogens with one attached hydrogen (secondary N) is 3. The van der Waals surface area contributed by atoms with Gasteiger partial charge in [0.1, 0.15) is 18.3 Å². The van der Waals surface area contributed by atoms with Gasteiger partial charge in [-0.3, -0.25) is 30.5 Å². The zero-order chi connectivity index (χ0) is 20.0. The van der Waals surface area contributed by atoms with Crippen molar-refractivity contribution in [2.45, 2.75) is 55.8 Å². The third-order valence-corrected chi connectivity index (χ3v) is 7.42. The molecule has 0 aliphatic carbocycles. The highest BCUT2D eigenvalue weighted by Gasteiger charge is 2.53. The summed E-state index contributed by atoms with van der Waals surface area (Å²) in [6.07, 6.45) is 9.66. The highest BCUT2D eigenvalue weighted by atomic mass is 32.2. The second-order valence-corrected chi connectivity index (χ2v) is 9.24. The van der Waals surface area contributed by atoms with Crippen molar-refractivity contribution in [2.75, 3.05) is 32.5 Å². The van der Waals surface area contributed by atoms with Gasteiger partial charge in [-0.1, -0.05) is 12.2 Å². The Morgan fingerprint density at radius 2 is 2.07 bits per heavy atom. The Labute approximate surface area is 175 Å².